The number of ether oxygens (including phenoxy) is 1. The van der Waals surface area contributed by atoms with Crippen molar-refractivity contribution in [3.05, 3.63) is 12.2 Å². The Morgan fingerprint density at radius 3 is 3.18 bits per heavy atom. The van der Waals surface area contributed by atoms with Gasteiger partial charge in [0.1, 0.15) is 6.10 Å². The van der Waals surface area contributed by atoms with Crippen LogP contribution in [0.1, 0.15) is 32.6 Å². The van der Waals surface area contributed by atoms with E-state index in [9.17, 15) is 4.79 Å². The van der Waals surface area contributed by atoms with Crippen LogP contribution >= 0.6 is 0 Å². The molecular weight excluding hydrogens is 140 g/mol. The van der Waals surface area contributed by atoms with Gasteiger partial charge in [0.2, 0.25) is 0 Å². The highest BCUT2D eigenvalue weighted by Crippen LogP contribution is 2.13. The molecule has 1 aliphatic rings. The number of hydrogen-bond acceptors (Lipinski definition) is 2. The average molecular weight is 154 g/mol. The Morgan fingerprint density at radius 2 is 2.55 bits per heavy atom. The van der Waals surface area contributed by atoms with Crippen LogP contribution in [-0.2, 0) is 9.53 Å². The van der Waals surface area contributed by atoms with Gasteiger partial charge in [-0.25, -0.2) is 4.79 Å². The summed E-state index contributed by atoms with van der Waals surface area (Å²) in [5.74, 6) is -0.183. The van der Waals surface area contributed by atoms with Crippen LogP contribution in [0.4, 0.5) is 0 Å². The molecule has 1 heterocycles. The van der Waals surface area contributed by atoms with Crippen LogP contribution < -0.4 is 0 Å². The van der Waals surface area contributed by atoms with Crippen molar-refractivity contribution >= 4 is 5.97 Å². The van der Waals surface area contributed by atoms with Gasteiger partial charge in [0, 0.05) is 12.5 Å². The first kappa shape index (κ1) is 8.31. The zero-order valence-corrected chi connectivity index (χ0v) is 6.88. The Bertz CT molecular complexity index is 161. The van der Waals surface area contributed by atoms with Crippen molar-refractivity contribution < 1.29 is 9.53 Å². The summed E-state index contributed by atoms with van der Waals surface area (Å²) in [6.07, 6.45) is 7.75. The molecule has 1 aliphatic heterocycles. The quantitative estimate of drug-likeness (QED) is 0.581. The molecule has 0 spiro atoms. The second-order valence-corrected chi connectivity index (χ2v) is 2.84. The minimum atomic E-state index is -0.183. The van der Waals surface area contributed by atoms with E-state index < -0.39 is 0 Å². The van der Waals surface area contributed by atoms with Crippen LogP contribution in [0.2, 0.25) is 0 Å². The van der Waals surface area contributed by atoms with Gasteiger partial charge in [-0.2, -0.15) is 0 Å². The van der Waals surface area contributed by atoms with Crippen molar-refractivity contribution in [3.8, 4) is 0 Å². The predicted octanol–water partition coefficient (Wildman–Crippen LogP) is 2.05. The summed E-state index contributed by atoms with van der Waals surface area (Å²) in [5.41, 5.74) is 0. The van der Waals surface area contributed by atoms with Crippen molar-refractivity contribution in [2.45, 2.75) is 38.7 Å². The number of carbonyl (C=O) groups excluding carboxylic acids is 1. The summed E-state index contributed by atoms with van der Waals surface area (Å²) >= 11 is 0. The zero-order valence-electron chi connectivity index (χ0n) is 6.88. The highest BCUT2D eigenvalue weighted by atomic mass is 16.5. The Kier molecular flexibility index (Phi) is 3.14. The molecule has 0 saturated carbocycles. The molecule has 2 heteroatoms. The van der Waals surface area contributed by atoms with Gasteiger partial charge in [0.15, 0.2) is 0 Å². The highest BCUT2D eigenvalue weighted by Gasteiger charge is 2.14. The average Bonchev–Trinajstić information content (AvgIpc) is 2.01. The van der Waals surface area contributed by atoms with Crippen molar-refractivity contribution in [3.63, 3.8) is 0 Å². The molecule has 0 amide bonds. The van der Waals surface area contributed by atoms with E-state index in [2.05, 4.69) is 6.92 Å². The van der Waals surface area contributed by atoms with Crippen LogP contribution in [0.5, 0.6) is 0 Å². The smallest absolute Gasteiger partial charge is 0.330 e. The third-order valence-corrected chi connectivity index (χ3v) is 1.82. The molecule has 0 bridgehead atoms. The number of carbonyl (C=O) groups is 1. The molecule has 0 N–H and O–H groups in total. The number of unbranched alkanes of at least 4 members (excludes halogenated alkanes) is 1. The van der Waals surface area contributed by atoms with E-state index in [0.29, 0.717) is 0 Å². The van der Waals surface area contributed by atoms with E-state index in [4.69, 9.17) is 4.74 Å². The minimum Gasteiger partial charge on any atom is -0.459 e. The minimum absolute atomic E-state index is 0.146. The lowest BCUT2D eigenvalue weighted by molar-refractivity contribution is -0.144. The third-order valence-electron chi connectivity index (χ3n) is 1.82. The molecule has 0 fully saturated rings. The second-order valence-electron chi connectivity index (χ2n) is 2.84. The van der Waals surface area contributed by atoms with Crippen molar-refractivity contribution in [2.75, 3.05) is 0 Å². The molecular formula is C9H14O2. The summed E-state index contributed by atoms with van der Waals surface area (Å²) in [4.78, 5) is 10.7. The van der Waals surface area contributed by atoms with E-state index in [1.165, 1.54) is 6.08 Å². The van der Waals surface area contributed by atoms with Crippen LogP contribution in [0.15, 0.2) is 12.2 Å². The number of esters is 1. The summed E-state index contributed by atoms with van der Waals surface area (Å²) in [5, 5.41) is 0. The van der Waals surface area contributed by atoms with E-state index in [1.807, 2.05) is 6.08 Å². The lowest BCUT2D eigenvalue weighted by atomic mass is 10.1. The van der Waals surface area contributed by atoms with Crippen LogP contribution in [0, 0.1) is 0 Å². The van der Waals surface area contributed by atoms with Crippen molar-refractivity contribution in [1.29, 1.82) is 0 Å². The van der Waals surface area contributed by atoms with Crippen LogP contribution in [0.25, 0.3) is 0 Å². The molecule has 1 rings (SSSR count). The number of cyclic esters (lactones) is 1. The Hall–Kier alpha value is -0.790. The summed E-state index contributed by atoms with van der Waals surface area (Å²) in [6.45, 7) is 2.14. The van der Waals surface area contributed by atoms with E-state index in [0.717, 1.165) is 25.7 Å². The maximum Gasteiger partial charge on any atom is 0.330 e. The molecule has 0 saturated heterocycles. The maximum absolute atomic E-state index is 10.7. The van der Waals surface area contributed by atoms with Gasteiger partial charge < -0.3 is 4.74 Å². The fraction of sp³-hybridized carbons (Fsp3) is 0.667. The monoisotopic (exact) mass is 154 g/mol. The summed E-state index contributed by atoms with van der Waals surface area (Å²) in [7, 11) is 0. The van der Waals surface area contributed by atoms with E-state index >= 15 is 0 Å². The standard InChI is InChI=1S/C9H14O2/c1-2-3-5-8-6-4-7-9(10)11-8/h4,7-8H,2-3,5-6H2,1H3/t8-/m1/s1. The molecule has 11 heavy (non-hydrogen) atoms. The zero-order chi connectivity index (χ0) is 8.10. The lowest BCUT2D eigenvalue weighted by Crippen LogP contribution is -2.19. The molecule has 0 radical (unpaired) electrons. The molecule has 1 atom stereocenters. The van der Waals surface area contributed by atoms with Gasteiger partial charge >= 0.3 is 5.97 Å². The van der Waals surface area contributed by atoms with Gasteiger partial charge in [0.05, 0.1) is 0 Å². The Balaban J connectivity index is 2.26. The topological polar surface area (TPSA) is 26.3 Å². The lowest BCUT2D eigenvalue weighted by Gasteiger charge is -2.17. The first-order valence-corrected chi connectivity index (χ1v) is 4.20. The molecule has 0 aliphatic carbocycles. The fourth-order valence-corrected chi connectivity index (χ4v) is 1.18. The van der Waals surface area contributed by atoms with Gasteiger partial charge in [-0.15, -0.1) is 0 Å². The number of rotatable bonds is 3. The first-order valence-electron chi connectivity index (χ1n) is 4.20. The first-order chi connectivity index (χ1) is 5.33. The van der Waals surface area contributed by atoms with E-state index in [-0.39, 0.29) is 12.1 Å². The van der Waals surface area contributed by atoms with Crippen molar-refractivity contribution in [2.24, 2.45) is 0 Å². The fourth-order valence-electron chi connectivity index (χ4n) is 1.18. The Labute approximate surface area is 67.2 Å². The predicted molar refractivity (Wildman–Crippen MR) is 43.2 cm³/mol. The highest BCUT2D eigenvalue weighted by molar-refractivity contribution is 5.82. The Morgan fingerprint density at radius 1 is 1.73 bits per heavy atom. The second kappa shape index (κ2) is 4.16. The molecule has 0 aromatic rings. The van der Waals surface area contributed by atoms with E-state index in [1.54, 1.807) is 0 Å². The third kappa shape index (κ3) is 2.74. The van der Waals surface area contributed by atoms with Gasteiger partial charge in [-0.1, -0.05) is 25.8 Å². The van der Waals surface area contributed by atoms with Gasteiger partial charge in [0.25, 0.3) is 0 Å². The molecule has 0 aromatic heterocycles. The number of hydrogen-bond donors (Lipinski definition) is 0. The van der Waals surface area contributed by atoms with Crippen molar-refractivity contribution in [1.82, 2.24) is 0 Å². The molecule has 0 aromatic carbocycles. The van der Waals surface area contributed by atoms with Gasteiger partial charge in [-0.3, -0.25) is 0 Å². The maximum atomic E-state index is 10.7. The summed E-state index contributed by atoms with van der Waals surface area (Å²) < 4.78 is 5.06. The molecule has 0 unspecified atom stereocenters. The summed E-state index contributed by atoms with van der Waals surface area (Å²) in [6, 6.07) is 0. The molecule has 2 nitrogen and oxygen atoms in total. The largest absolute Gasteiger partial charge is 0.459 e. The molecule has 62 valence electrons. The van der Waals surface area contributed by atoms with Gasteiger partial charge in [-0.05, 0) is 6.42 Å². The van der Waals surface area contributed by atoms with Crippen LogP contribution in [-0.4, -0.2) is 12.1 Å². The SMILES string of the molecule is CCCC[C@@H]1CC=CC(=O)O1. The normalized spacial score (nSPS) is 23.4. The van der Waals surface area contributed by atoms with Crippen LogP contribution in [0.3, 0.4) is 0 Å².